The third-order valence-corrected chi connectivity index (χ3v) is 5.16. The molecule has 0 spiro atoms. The van der Waals surface area contributed by atoms with Crippen LogP contribution in [0.25, 0.3) is 0 Å². The van der Waals surface area contributed by atoms with Crippen molar-refractivity contribution in [2.24, 2.45) is 0 Å². The summed E-state index contributed by atoms with van der Waals surface area (Å²) in [4.78, 5) is 0.373. The second kappa shape index (κ2) is 6.80. The first-order valence-electron chi connectivity index (χ1n) is 7.13. The van der Waals surface area contributed by atoms with Crippen LogP contribution in [0.1, 0.15) is 26.0 Å². The quantitative estimate of drug-likeness (QED) is 0.850. The molecular weight excluding hydrogens is 286 g/mol. The standard InChI is InChI=1S/C16H21NO3S/c1-3-11-21(18,19)16-9-5-4-8-15(16)17-13(2)12-14-7-6-10-20-14/h4-10,13,17H,3,11-12H2,1-2H3. The number of sulfone groups is 1. The number of hydrogen-bond donors (Lipinski definition) is 1. The van der Waals surface area contributed by atoms with E-state index < -0.39 is 9.84 Å². The van der Waals surface area contributed by atoms with Gasteiger partial charge in [0.05, 0.1) is 22.6 Å². The van der Waals surface area contributed by atoms with E-state index in [1.165, 1.54) is 0 Å². The van der Waals surface area contributed by atoms with Gasteiger partial charge in [-0.25, -0.2) is 8.42 Å². The van der Waals surface area contributed by atoms with E-state index in [2.05, 4.69) is 5.32 Å². The van der Waals surface area contributed by atoms with Crippen molar-refractivity contribution in [3.05, 3.63) is 48.4 Å². The molecule has 0 aliphatic rings. The lowest BCUT2D eigenvalue weighted by Gasteiger charge is -2.17. The molecule has 0 saturated heterocycles. The van der Waals surface area contributed by atoms with Crippen molar-refractivity contribution in [1.29, 1.82) is 0 Å². The highest BCUT2D eigenvalue weighted by molar-refractivity contribution is 7.91. The molecule has 0 fully saturated rings. The van der Waals surface area contributed by atoms with Crippen LogP contribution >= 0.6 is 0 Å². The molecule has 1 unspecified atom stereocenters. The maximum atomic E-state index is 12.3. The van der Waals surface area contributed by atoms with Crippen LogP contribution < -0.4 is 5.32 Å². The molecule has 1 aromatic carbocycles. The first-order valence-corrected chi connectivity index (χ1v) is 8.79. The van der Waals surface area contributed by atoms with Gasteiger partial charge in [-0.3, -0.25) is 0 Å². The molecule has 0 aliphatic heterocycles. The average molecular weight is 307 g/mol. The molecular formula is C16H21NO3S. The van der Waals surface area contributed by atoms with Gasteiger partial charge in [0.15, 0.2) is 9.84 Å². The van der Waals surface area contributed by atoms with Crippen LogP contribution in [-0.4, -0.2) is 20.2 Å². The molecule has 0 bridgehead atoms. The largest absolute Gasteiger partial charge is 0.469 e. The Morgan fingerprint density at radius 3 is 2.62 bits per heavy atom. The van der Waals surface area contributed by atoms with Crippen molar-refractivity contribution < 1.29 is 12.8 Å². The lowest BCUT2D eigenvalue weighted by atomic mass is 10.2. The van der Waals surface area contributed by atoms with Gasteiger partial charge < -0.3 is 9.73 Å². The van der Waals surface area contributed by atoms with E-state index in [1.54, 1.807) is 24.5 Å². The lowest BCUT2D eigenvalue weighted by molar-refractivity contribution is 0.497. The molecule has 1 heterocycles. The minimum atomic E-state index is -3.23. The Kier molecular flexibility index (Phi) is 5.07. The minimum Gasteiger partial charge on any atom is -0.469 e. The van der Waals surface area contributed by atoms with Crippen LogP contribution in [-0.2, 0) is 16.3 Å². The van der Waals surface area contributed by atoms with E-state index in [0.717, 1.165) is 5.76 Å². The van der Waals surface area contributed by atoms with Crippen molar-refractivity contribution in [3.63, 3.8) is 0 Å². The van der Waals surface area contributed by atoms with Gasteiger partial charge in [0, 0.05) is 12.5 Å². The summed E-state index contributed by atoms with van der Waals surface area (Å²) >= 11 is 0. The van der Waals surface area contributed by atoms with Gasteiger partial charge in [0.25, 0.3) is 0 Å². The normalized spacial score (nSPS) is 13.0. The number of benzene rings is 1. The van der Waals surface area contributed by atoms with E-state index in [4.69, 9.17) is 4.42 Å². The average Bonchev–Trinajstić information content (AvgIpc) is 2.91. The molecule has 1 atom stereocenters. The van der Waals surface area contributed by atoms with Crippen molar-refractivity contribution >= 4 is 15.5 Å². The number of nitrogens with one attached hydrogen (secondary N) is 1. The molecule has 1 N–H and O–H groups in total. The zero-order chi connectivity index (χ0) is 15.3. The third kappa shape index (κ3) is 4.11. The first-order chi connectivity index (χ1) is 10.0. The molecule has 5 heteroatoms. The monoisotopic (exact) mass is 307 g/mol. The highest BCUT2D eigenvalue weighted by Crippen LogP contribution is 2.23. The second-order valence-electron chi connectivity index (χ2n) is 5.14. The molecule has 2 rings (SSSR count). The Morgan fingerprint density at radius 2 is 1.95 bits per heavy atom. The van der Waals surface area contributed by atoms with Crippen LogP contribution in [0.3, 0.4) is 0 Å². The predicted octanol–water partition coefficient (Wildman–Crippen LogP) is 3.51. The van der Waals surface area contributed by atoms with Crippen LogP contribution in [0.4, 0.5) is 5.69 Å². The van der Waals surface area contributed by atoms with Gasteiger partial charge in [-0.05, 0) is 37.6 Å². The molecule has 0 radical (unpaired) electrons. The van der Waals surface area contributed by atoms with Gasteiger partial charge in [0.2, 0.25) is 0 Å². The van der Waals surface area contributed by atoms with Gasteiger partial charge >= 0.3 is 0 Å². The Balaban J connectivity index is 2.17. The van der Waals surface area contributed by atoms with Crippen LogP contribution in [0, 0.1) is 0 Å². The van der Waals surface area contributed by atoms with E-state index >= 15 is 0 Å². The van der Waals surface area contributed by atoms with Crippen LogP contribution in [0.5, 0.6) is 0 Å². The fourth-order valence-electron chi connectivity index (χ4n) is 2.28. The Morgan fingerprint density at radius 1 is 1.19 bits per heavy atom. The lowest BCUT2D eigenvalue weighted by Crippen LogP contribution is -2.20. The van der Waals surface area contributed by atoms with E-state index in [-0.39, 0.29) is 11.8 Å². The topological polar surface area (TPSA) is 59.3 Å². The highest BCUT2D eigenvalue weighted by Gasteiger charge is 2.18. The predicted molar refractivity (Wildman–Crippen MR) is 84.3 cm³/mol. The number of hydrogen-bond acceptors (Lipinski definition) is 4. The highest BCUT2D eigenvalue weighted by atomic mass is 32.2. The summed E-state index contributed by atoms with van der Waals surface area (Å²) in [5.41, 5.74) is 0.657. The van der Waals surface area contributed by atoms with Gasteiger partial charge in [-0.15, -0.1) is 0 Å². The van der Waals surface area contributed by atoms with Gasteiger partial charge in [-0.2, -0.15) is 0 Å². The molecule has 21 heavy (non-hydrogen) atoms. The maximum Gasteiger partial charge on any atom is 0.180 e. The maximum absolute atomic E-state index is 12.3. The zero-order valence-corrected chi connectivity index (χ0v) is 13.2. The van der Waals surface area contributed by atoms with Crippen LogP contribution in [0.2, 0.25) is 0 Å². The first kappa shape index (κ1) is 15.6. The van der Waals surface area contributed by atoms with Crippen molar-refractivity contribution in [2.75, 3.05) is 11.1 Å². The summed E-state index contributed by atoms with van der Waals surface area (Å²) < 4.78 is 29.9. The molecule has 4 nitrogen and oxygen atoms in total. The fourth-order valence-corrected chi connectivity index (χ4v) is 3.79. The van der Waals surface area contributed by atoms with Crippen molar-refractivity contribution in [3.8, 4) is 0 Å². The van der Waals surface area contributed by atoms with E-state index in [1.807, 2.05) is 32.0 Å². The van der Waals surface area contributed by atoms with Crippen LogP contribution in [0.15, 0.2) is 52.0 Å². The van der Waals surface area contributed by atoms with E-state index in [0.29, 0.717) is 23.4 Å². The molecule has 0 saturated carbocycles. The Bertz CT molecular complexity index is 663. The summed E-state index contributed by atoms with van der Waals surface area (Å²) in [6.07, 6.45) is 2.95. The number of para-hydroxylation sites is 1. The zero-order valence-electron chi connectivity index (χ0n) is 12.4. The molecule has 0 aliphatic carbocycles. The van der Waals surface area contributed by atoms with Crippen molar-refractivity contribution in [1.82, 2.24) is 0 Å². The molecule has 114 valence electrons. The summed E-state index contributed by atoms with van der Waals surface area (Å²) in [6, 6.07) is 10.9. The van der Waals surface area contributed by atoms with Crippen molar-refractivity contribution in [2.45, 2.75) is 37.6 Å². The van der Waals surface area contributed by atoms with Gasteiger partial charge in [0.1, 0.15) is 5.76 Å². The molecule has 2 aromatic rings. The second-order valence-corrected chi connectivity index (χ2v) is 7.22. The van der Waals surface area contributed by atoms with E-state index in [9.17, 15) is 8.42 Å². The Labute approximate surface area is 126 Å². The Hall–Kier alpha value is -1.75. The summed E-state index contributed by atoms with van der Waals surface area (Å²) in [6.45, 7) is 3.87. The fraction of sp³-hybridized carbons (Fsp3) is 0.375. The molecule has 1 aromatic heterocycles. The minimum absolute atomic E-state index is 0.0779. The number of anilines is 1. The number of rotatable bonds is 7. The molecule has 0 amide bonds. The summed E-state index contributed by atoms with van der Waals surface area (Å²) in [7, 11) is -3.23. The summed E-state index contributed by atoms with van der Waals surface area (Å²) in [5.74, 6) is 1.04. The smallest absolute Gasteiger partial charge is 0.180 e. The number of furan rings is 1. The third-order valence-electron chi connectivity index (χ3n) is 3.18. The SMILES string of the molecule is CCCS(=O)(=O)c1ccccc1NC(C)Cc1ccco1. The van der Waals surface area contributed by atoms with Gasteiger partial charge in [-0.1, -0.05) is 19.1 Å². The summed E-state index contributed by atoms with van der Waals surface area (Å²) in [5, 5.41) is 3.27.